The number of carbonyl (C=O) groups is 1. The van der Waals surface area contributed by atoms with Crippen LogP contribution in [-0.4, -0.2) is 31.7 Å². The van der Waals surface area contributed by atoms with Crippen LogP contribution in [0.1, 0.15) is 24.0 Å². The second-order valence-electron chi connectivity index (χ2n) is 6.55. The van der Waals surface area contributed by atoms with E-state index in [9.17, 15) is 26.4 Å². The van der Waals surface area contributed by atoms with E-state index >= 15 is 0 Å². The van der Waals surface area contributed by atoms with Gasteiger partial charge in [-0.2, -0.15) is 17.5 Å². The average Bonchev–Trinajstić information content (AvgIpc) is 3.21. The molecule has 1 saturated heterocycles. The van der Waals surface area contributed by atoms with Gasteiger partial charge in [0, 0.05) is 19.6 Å². The Bertz CT molecular complexity index is 928. The molecule has 1 aliphatic rings. The molecule has 0 unspecified atom stereocenters. The molecule has 1 N–H and O–H groups in total. The summed E-state index contributed by atoms with van der Waals surface area (Å²) >= 11 is 1.12. The molecule has 1 atom stereocenters. The lowest BCUT2D eigenvalue weighted by atomic mass is 9.98. The van der Waals surface area contributed by atoms with Crippen LogP contribution in [0.5, 0.6) is 0 Å². The van der Waals surface area contributed by atoms with Gasteiger partial charge in [-0.05, 0) is 42.0 Å². The maximum atomic E-state index is 12.8. The molecule has 5 nitrogen and oxygen atoms in total. The third-order valence-corrected chi connectivity index (χ3v) is 7.80. The van der Waals surface area contributed by atoms with Crippen molar-refractivity contribution in [3.8, 4) is 0 Å². The second-order valence-corrected chi connectivity index (χ2v) is 9.66. The van der Waals surface area contributed by atoms with Crippen LogP contribution in [0.25, 0.3) is 0 Å². The number of nitrogens with zero attached hydrogens (tertiary/aromatic N) is 1. The van der Waals surface area contributed by atoms with E-state index in [1.165, 1.54) is 22.5 Å². The highest BCUT2D eigenvalue weighted by atomic mass is 32.2. The van der Waals surface area contributed by atoms with Gasteiger partial charge >= 0.3 is 6.18 Å². The number of amides is 1. The minimum absolute atomic E-state index is 0.0447. The molecule has 2 heterocycles. The number of sulfonamides is 1. The largest absolute Gasteiger partial charge is 0.416 e. The van der Waals surface area contributed by atoms with Crippen molar-refractivity contribution in [1.82, 2.24) is 9.62 Å². The number of thiophene rings is 1. The second kappa shape index (κ2) is 8.22. The maximum Gasteiger partial charge on any atom is 0.416 e. The van der Waals surface area contributed by atoms with E-state index in [-0.39, 0.29) is 23.2 Å². The lowest BCUT2D eigenvalue weighted by Crippen LogP contribution is -2.45. The van der Waals surface area contributed by atoms with Gasteiger partial charge in [-0.15, -0.1) is 11.3 Å². The number of hydrogen-bond acceptors (Lipinski definition) is 4. The lowest BCUT2D eigenvalue weighted by molar-refractivity contribution is -0.137. The van der Waals surface area contributed by atoms with Crippen molar-refractivity contribution in [2.24, 2.45) is 5.92 Å². The molecule has 1 aromatic heterocycles. The zero-order valence-electron chi connectivity index (χ0n) is 14.8. The van der Waals surface area contributed by atoms with E-state index in [1.807, 2.05) is 0 Å². The van der Waals surface area contributed by atoms with Gasteiger partial charge in [0.2, 0.25) is 5.91 Å². The molecule has 1 amide bonds. The Hall–Kier alpha value is -1.91. The van der Waals surface area contributed by atoms with E-state index < -0.39 is 27.7 Å². The van der Waals surface area contributed by atoms with Crippen molar-refractivity contribution in [3.05, 3.63) is 52.9 Å². The van der Waals surface area contributed by atoms with Gasteiger partial charge < -0.3 is 5.32 Å². The van der Waals surface area contributed by atoms with Gasteiger partial charge in [-0.3, -0.25) is 4.79 Å². The molecule has 152 valence electrons. The number of carbonyl (C=O) groups excluding carboxylic acids is 1. The first-order chi connectivity index (χ1) is 13.2. The normalized spacial score (nSPS) is 18.8. The Kier molecular flexibility index (Phi) is 6.11. The van der Waals surface area contributed by atoms with Crippen LogP contribution in [0.4, 0.5) is 13.2 Å². The van der Waals surface area contributed by atoms with Gasteiger partial charge in [-0.25, -0.2) is 8.42 Å². The molecule has 0 aliphatic carbocycles. The van der Waals surface area contributed by atoms with Crippen molar-refractivity contribution >= 4 is 27.3 Å². The molecule has 2 aromatic rings. The Labute approximate surface area is 165 Å². The zero-order valence-corrected chi connectivity index (χ0v) is 16.4. The van der Waals surface area contributed by atoms with Crippen LogP contribution >= 0.6 is 11.3 Å². The van der Waals surface area contributed by atoms with Crippen LogP contribution in [0.3, 0.4) is 0 Å². The Morgan fingerprint density at radius 3 is 2.71 bits per heavy atom. The highest BCUT2D eigenvalue weighted by Crippen LogP contribution is 2.30. The third-order valence-electron chi connectivity index (χ3n) is 4.57. The van der Waals surface area contributed by atoms with Crippen LogP contribution in [0, 0.1) is 5.92 Å². The SMILES string of the molecule is O=C(NCc1cccc(C(F)(F)F)c1)[C@@H]1CCCN(S(=O)(=O)c2cccs2)C1. The molecule has 0 saturated carbocycles. The van der Waals surface area contributed by atoms with Crippen LogP contribution in [-0.2, 0) is 27.5 Å². The van der Waals surface area contributed by atoms with Crippen molar-refractivity contribution in [3.63, 3.8) is 0 Å². The molecule has 10 heteroatoms. The number of rotatable bonds is 5. The summed E-state index contributed by atoms with van der Waals surface area (Å²) in [7, 11) is -3.63. The molecule has 0 spiro atoms. The summed E-state index contributed by atoms with van der Waals surface area (Å²) in [6, 6.07) is 7.94. The summed E-state index contributed by atoms with van der Waals surface area (Å²) in [6.45, 7) is 0.364. The highest BCUT2D eigenvalue weighted by Gasteiger charge is 2.34. The fourth-order valence-electron chi connectivity index (χ4n) is 3.10. The number of alkyl halides is 3. The minimum atomic E-state index is -4.44. The molecule has 1 aliphatic heterocycles. The van der Waals surface area contributed by atoms with Gasteiger partial charge in [0.15, 0.2) is 0 Å². The van der Waals surface area contributed by atoms with E-state index in [1.54, 1.807) is 11.4 Å². The first-order valence-electron chi connectivity index (χ1n) is 8.65. The monoisotopic (exact) mass is 432 g/mol. The van der Waals surface area contributed by atoms with E-state index in [2.05, 4.69) is 5.32 Å². The molecule has 3 rings (SSSR count). The summed E-state index contributed by atoms with van der Waals surface area (Å²) in [5.74, 6) is -0.891. The van der Waals surface area contributed by atoms with Gasteiger partial charge in [0.25, 0.3) is 10.0 Å². The highest BCUT2D eigenvalue weighted by molar-refractivity contribution is 7.91. The molecule has 0 radical (unpaired) electrons. The first kappa shape index (κ1) is 20.8. The number of hydrogen-bond donors (Lipinski definition) is 1. The molecular weight excluding hydrogens is 413 g/mol. The van der Waals surface area contributed by atoms with Crippen molar-refractivity contribution < 1.29 is 26.4 Å². The summed E-state index contributed by atoms with van der Waals surface area (Å²) in [5, 5.41) is 4.31. The van der Waals surface area contributed by atoms with E-state index in [0.29, 0.717) is 24.9 Å². The Morgan fingerprint density at radius 1 is 1.25 bits per heavy atom. The molecule has 28 heavy (non-hydrogen) atoms. The standard InChI is InChI=1S/C18H19F3N2O3S2/c19-18(20,21)15-6-1-4-13(10-15)11-22-17(24)14-5-2-8-23(12-14)28(25,26)16-7-3-9-27-16/h1,3-4,6-7,9-10,14H,2,5,8,11-12H2,(H,22,24)/t14-/m1/s1. The predicted molar refractivity (Wildman–Crippen MR) is 99.1 cm³/mol. The topological polar surface area (TPSA) is 66.5 Å². The maximum absolute atomic E-state index is 12.8. The van der Waals surface area contributed by atoms with Gasteiger partial charge in [0.1, 0.15) is 4.21 Å². The van der Waals surface area contributed by atoms with E-state index in [0.717, 1.165) is 23.5 Å². The van der Waals surface area contributed by atoms with Gasteiger partial charge in [-0.1, -0.05) is 18.2 Å². The van der Waals surface area contributed by atoms with Crippen molar-refractivity contribution in [2.45, 2.75) is 29.8 Å². The minimum Gasteiger partial charge on any atom is -0.352 e. The van der Waals surface area contributed by atoms with Crippen molar-refractivity contribution in [2.75, 3.05) is 13.1 Å². The average molecular weight is 432 g/mol. The quantitative estimate of drug-likeness (QED) is 0.787. The fraction of sp³-hybridized carbons (Fsp3) is 0.389. The van der Waals surface area contributed by atoms with Crippen LogP contribution < -0.4 is 5.32 Å². The van der Waals surface area contributed by atoms with Gasteiger partial charge in [0.05, 0.1) is 11.5 Å². The predicted octanol–water partition coefficient (Wildman–Crippen LogP) is 3.48. The van der Waals surface area contributed by atoms with E-state index in [4.69, 9.17) is 0 Å². The number of piperidine rings is 1. The fourth-order valence-corrected chi connectivity index (χ4v) is 5.77. The summed E-state index contributed by atoms with van der Waals surface area (Å²) in [6.07, 6.45) is -3.36. The summed E-state index contributed by atoms with van der Waals surface area (Å²) in [4.78, 5) is 12.5. The molecule has 0 bridgehead atoms. The molecule has 1 fully saturated rings. The number of halogens is 3. The lowest BCUT2D eigenvalue weighted by Gasteiger charge is -2.30. The Balaban J connectivity index is 1.62. The van der Waals surface area contributed by atoms with Crippen LogP contribution in [0.15, 0.2) is 46.0 Å². The number of benzene rings is 1. The zero-order chi connectivity index (χ0) is 20.4. The first-order valence-corrected chi connectivity index (χ1v) is 11.0. The number of nitrogens with one attached hydrogen (secondary N) is 1. The third kappa shape index (κ3) is 4.73. The summed E-state index contributed by atoms with van der Waals surface area (Å²) in [5.41, 5.74) is -0.438. The smallest absolute Gasteiger partial charge is 0.352 e. The van der Waals surface area contributed by atoms with Crippen molar-refractivity contribution in [1.29, 1.82) is 0 Å². The molecule has 1 aromatic carbocycles. The molecular formula is C18H19F3N2O3S2. The Morgan fingerprint density at radius 2 is 2.04 bits per heavy atom. The summed E-state index contributed by atoms with van der Waals surface area (Å²) < 4.78 is 65.1. The van der Waals surface area contributed by atoms with Crippen LogP contribution in [0.2, 0.25) is 0 Å².